The van der Waals surface area contributed by atoms with Crippen LogP contribution in [-0.2, 0) is 0 Å². The third-order valence-corrected chi connectivity index (χ3v) is 4.15. The Morgan fingerprint density at radius 1 is 1.42 bits per heavy atom. The van der Waals surface area contributed by atoms with Crippen molar-refractivity contribution < 1.29 is 4.79 Å². The molecule has 1 aromatic carbocycles. The molecule has 1 N–H and O–H groups in total. The average molecular weight is 254 g/mol. The summed E-state index contributed by atoms with van der Waals surface area (Å²) < 4.78 is 0. The van der Waals surface area contributed by atoms with Crippen molar-refractivity contribution in [2.45, 2.75) is 31.7 Å². The number of pyridine rings is 1. The van der Waals surface area contributed by atoms with Crippen molar-refractivity contribution in [1.29, 1.82) is 0 Å². The fraction of sp³-hybridized carbons (Fsp3) is 0.375. The number of Topliss-reactive ketones (excluding diaryl/α,β-unsaturated/α-hetero) is 1. The van der Waals surface area contributed by atoms with Gasteiger partial charge in [-0.3, -0.25) is 9.78 Å². The van der Waals surface area contributed by atoms with E-state index in [0.717, 1.165) is 42.3 Å². The number of carbonyl (C=O) groups is 1. The highest BCUT2D eigenvalue weighted by Gasteiger charge is 2.39. The Bertz CT molecular complexity index is 615. The van der Waals surface area contributed by atoms with Crippen LogP contribution in [0.2, 0.25) is 0 Å². The van der Waals surface area contributed by atoms with Crippen LogP contribution in [0.4, 0.5) is 0 Å². The normalized spacial score (nSPS) is 22.8. The Morgan fingerprint density at radius 2 is 2.32 bits per heavy atom. The highest BCUT2D eigenvalue weighted by molar-refractivity contribution is 6.05. The molecule has 2 aromatic rings. The highest BCUT2D eigenvalue weighted by atomic mass is 16.1. The summed E-state index contributed by atoms with van der Waals surface area (Å²) in [5, 5.41) is 4.43. The highest BCUT2D eigenvalue weighted by Crippen LogP contribution is 2.28. The molecule has 1 atom stereocenters. The molecule has 1 aliphatic rings. The SMILES string of the molecule is CCC1(C(=O)c2ccc3ncccc3c2)CCCN1. The summed E-state index contributed by atoms with van der Waals surface area (Å²) in [5.41, 5.74) is 1.37. The van der Waals surface area contributed by atoms with Crippen molar-refractivity contribution in [2.75, 3.05) is 6.54 Å². The number of benzene rings is 1. The molecule has 1 unspecified atom stereocenters. The number of hydrogen-bond acceptors (Lipinski definition) is 3. The van der Waals surface area contributed by atoms with Gasteiger partial charge in [-0.15, -0.1) is 0 Å². The molecule has 1 fully saturated rings. The van der Waals surface area contributed by atoms with Gasteiger partial charge in [0.05, 0.1) is 11.1 Å². The van der Waals surface area contributed by atoms with E-state index in [4.69, 9.17) is 0 Å². The first-order valence-corrected chi connectivity index (χ1v) is 6.90. The largest absolute Gasteiger partial charge is 0.305 e. The summed E-state index contributed by atoms with van der Waals surface area (Å²) in [4.78, 5) is 17.1. The van der Waals surface area contributed by atoms with Gasteiger partial charge in [-0.05, 0) is 50.1 Å². The van der Waals surface area contributed by atoms with Crippen LogP contribution in [-0.4, -0.2) is 22.9 Å². The molecule has 3 rings (SSSR count). The molecule has 1 aromatic heterocycles. The van der Waals surface area contributed by atoms with E-state index in [1.54, 1.807) is 6.20 Å². The zero-order valence-electron chi connectivity index (χ0n) is 11.1. The minimum atomic E-state index is -0.351. The van der Waals surface area contributed by atoms with Gasteiger partial charge in [0.15, 0.2) is 5.78 Å². The van der Waals surface area contributed by atoms with Crippen LogP contribution in [0, 0.1) is 0 Å². The van der Waals surface area contributed by atoms with E-state index in [1.807, 2.05) is 30.3 Å². The number of nitrogens with one attached hydrogen (secondary N) is 1. The molecule has 0 saturated carbocycles. The van der Waals surface area contributed by atoms with Crippen LogP contribution in [0.15, 0.2) is 36.5 Å². The van der Waals surface area contributed by atoms with Crippen LogP contribution in [0.3, 0.4) is 0 Å². The van der Waals surface area contributed by atoms with Crippen LogP contribution in [0.25, 0.3) is 10.9 Å². The molecule has 0 spiro atoms. The third-order valence-electron chi connectivity index (χ3n) is 4.15. The van der Waals surface area contributed by atoms with Crippen LogP contribution < -0.4 is 5.32 Å². The van der Waals surface area contributed by atoms with Crippen molar-refractivity contribution in [1.82, 2.24) is 10.3 Å². The lowest BCUT2D eigenvalue weighted by molar-refractivity contribution is 0.0864. The second-order valence-corrected chi connectivity index (χ2v) is 5.21. The molecule has 2 heterocycles. The topological polar surface area (TPSA) is 42.0 Å². The van der Waals surface area contributed by atoms with Gasteiger partial charge >= 0.3 is 0 Å². The number of rotatable bonds is 3. The maximum atomic E-state index is 12.8. The molecule has 19 heavy (non-hydrogen) atoms. The lowest BCUT2D eigenvalue weighted by atomic mass is 9.85. The zero-order chi connectivity index (χ0) is 13.3. The second kappa shape index (κ2) is 4.74. The van der Waals surface area contributed by atoms with E-state index in [-0.39, 0.29) is 11.3 Å². The summed E-state index contributed by atoms with van der Waals surface area (Å²) in [5.74, 6) is 0.221. The van der Waals surface area contributed by atoms with E-state index in [2.05, 4.69) is 17.2 Å². The van der Waals surface area contributed by atoms with Gasteiger partial charge in [0.1, 0.15) is 0 Å². The number of hydrogen-bond donors (Lipinski definition) is 1. The third kappa shape index (κ3) is 2.04. The predicted molar refractivity (Wildman–Crippen MR) is 76.3 cm³/mol. The van der Waals surface area contributed by atoms with Gasteiger partial charge in [-0.2, -0.15) is 0 Å². The molecule has 0 radical (unpaired) electrons. The van der Waals surface area contributed by atoms with Gasteiger partial charge in [-0.1, -0.05) is 13.0 Å². The van der Waals surface area contributed by atoms with Crippen LogP contribution in [0.1, 0.15) is 36.5 Å². The minimum absolute atomic E-state index is 0.221. The van der Waals surface area contributed by atoms with Gasteiger partial charge in [0, 0.05) is 17.1 Å². The molecule has 0 bridgehead atoms. The standard InChI is InChI=1S/C16H18N2O/c1-2-16(8-4-10-18-16)15(19)13-6-7-14-12(11-13)5-3-9-17-14/h3,5-7,9,11,18H,2,4,8,10H2,1H3. The lowest BCUT2D eigenvalue weighted by Crippen LogP contribution is -2.46. The molecule has 0 aliphatic carbocycles. The van der Waals surface area contributed by atoms with E-state index >= 15 is 0 Å². The Labute approximate surface area is 113 Å². The molecular formula is C16H18N2O. The summed E-state index contributed by atoms with van der Waals surface area (Å²) >= 11 is 0. The van der Waals surface area contributed by atoms with Gasteiger partial charge in [-0.25, -0.2) is 0 Å². The summed E-state index contributed by atoms with van der Waals surface area (Å²) in [7, 11) is 0. The quantitative estimate of drug-likeness (QED) is 0.856. The fourth-order valence-electron chi connectivity index (χ4n) is 2.96. The summed E-state index contributed by atoms with van der Waals surface area (Å²) in [6.07, 6.45) is 4.63. The second-order valence-electron chi connectivity index (χ2n) is 5.21. The first-order chi connectivity index (χ1) is 9.25. The first kappa shape index (κ1) is 12.3. The maximum Gasteiger partial charge on any atom is 0.182 e. The van der Waals surface area contributed by atoms with Crippen molar-refractivity contribution in [3.8, 4) is 0 Å². The molecule has 3 nitrogen and oxygen atoms in total. The lowest BCUT2D eigenvalue weighted by Gasteiger charge is -2.26. The fourth-order valence-corrected chi connectivity index (χ4v) is 2.96. The van der Waals surface area contributed by atoms with Crippen molar-refractivity contribution in [2.24, 2.45) is 0 Å². The molecule has 98 valence electrons. The Balaban J connectivity index is 2.01. The zero-order valence-corrected chi connectivity index (χ0v) is 11.1. The molecule has 3 heteroatoms. The molecule has 0 amide bonds. The molecule has 1 aliphatic heterocycles. The van der Waals surface area contributed by atoms with Gasteiger partial charge < -0.3 is 5.32 Å². The Hall–Kier alpha value is -1.74. The van der Waals surface area contributed by atoms with Crippen molar-refractivity contribution in [3.63, 3.8) is 0 Å². The first-order valence-electron chi connectivity index (χ1n) is 6.90. The predicted octanol–water partition coefficient (Wildman–Crippen LogP) is 2.95. The van der Waals surface area contributed by atoms with Gasteiger partial charge in [0.25, 0.3) is 0 Å². The number of carbonyl (C=O) groups excluding carboxylic acids is 1. The minimum Gasteiger partial charge on any atom is -0.305 e. The van der Waals surface area contributed by atoms with Crippen molar-refractivity contribution in [3.05, 3.63) is 42.1 Å². The van der Waals surface area contributed by atoms with E-state index in [9.17, 15) is 4.79 Å². The molecule has 1 saturated heterocycles. The Kier molecular flexibility index (Phi) is 3.07. The smallest absolute Gasteiger partial charge is 0.182 e. The van der Waals surface area contributed by atoms with Crippen LogP contribution >= 0.6 is 0 Å². The average Bonchev–Trinajstić information content (AvgIpc) is 2.96. The monoisotopic (exact) mass is 254 g/mol. The number of nitrogens with zero attached hydrogens (tertiary/aromatic N) is 1. The van der Waals surface area contributed by atoms with E-state index < -0.39 is 0 Å². The summed E-state index contributed by atoms with van der Waals surface area (Å²) in [6.45, 7) is 3.02. The van der Waals surface area contributed by atoms with E-state index in [1.165, 1.54) is 0 Å². The Morgan fingerprint density at radius 3 is 3.05 bits per heavy atom. The van der Waals surface area contributed by atoms with Gasteiger partial charge in [0.2, 0.25) is 0 Å². The van der Waals surface area contributed by atoms with Crippen molar-refractivity contribution >= 4 is 16.7 Å². The number of ketones is 1. The number of fused-ring (bicyclic) bond motifs is 1. The number of aromatic nitrogens is 1. The maximum absolute atomic E-state index is 12.8. The van der Waals surface area contributed by atoms with Crippen LogP contribution in [0.5, 0.6) is 0 Å². The van der Waals surface area contributed by atoms with E-state index in [0.29, 0.717) is 0 Å². The summed E-state index contributed by atoms with van der Waals surface area (Å²) in [6, 6.07) is 9.69. The molecular weight excluding hydrogens is 236 g/mol.